The first-order valence-electron chi connectivity index (χ1n) is 3.73. The number of halogens is 1. The summed E-state index contributed by atoms with van der Waals surface area (Å²) >= 11 is 2.41. The molecule has 0 aromatic carbocycles. The van der Waals surface area contributed by atoms with Gasteiger partial charge in [0.15, 0.2) is 0 Å². The first-order valence-corrected chi connectivity index (χ1v) is 5.25. The molecule has 0 amide bonds. The monoisotopic (exact) mass is 255 g/mol. The summed E-state index contributed by atoms with van der Waals surface area (Å²) in [6, 6.07) is 0. The summed E-state index contributed by atoms with van der Waals surface area (Å²) in [5.41, 5.74) is 0. The van der Waals surface area contributed by atoms with E-state index in [4.69, 9.17) is 4.74 Å². The third-order valence-electron chi connectivity index (χ3n) is 1.73. The van der Waals surface area contributed by atoms with Crippen molar-refractivity contribution >= 4 is 22.6 Å². The minimum absolute atomic E-state index is 0.441. The maximum absolute atomic E-state index is 5.41. The Labute approximate surface area is 76.1 Å². The Morgan fingerprint density at radius 2 is 2.50 bits per heavy atom. The van der Waals surface area contributed by atoms with Gasteiger partial charge in [0.25, 0.3) is 0 Å². The van der Waals surface area contributed by atoms with Crippen LogP contribution in [0.2, 0.25) is 0 Å². The molecule has 0 bridgehead atoms. The standard InChI is InChI=1S/C7H14INO/c1-7-6-9(3-2-8)4-5-10-7/h7H,2-6H2,1H3. The smallest absolute Gasteiger partial charge is 0.0674 e. The molecule has 0 aromatic rings. The lowest BCUT2D eigenvalue weighted by Crippen LogP contribution is -2.41. The van der Waals surface area contributed by atoms with E-state index >= 15 is 0 Å². The molecule has 0 spiro atoms. The highest BCUT2D eigenvalue weighted by Crippen LogP contribution is 2.03. The fourth-order valence-electron chi connectivity index (χ4n) is 1.21. The van der Waals surface area contributed by atoms with Crippen LogP contribution < -0.4 is 0 Å². The van der Waals surface area contributed by atoms with E-state index < -0.39 is 0 Å². The van der Waals surface area contributed by atoms with Crippen LogP contribution in [0.1, 0.15) is 6.92 Å². The van der Waals surface area contributed by atoms with Crippen molar-refractivity contribution in [3.63, 3.8) is 0 Å². The van der Waals surface area contributed by atoms with Crippen LogP contribution in [0.5, 0.6) is 0 Å². The Bertz CT molecular complexity index is 97.6. The molecule has 1 heterocycles. The van der Waals surface area contributed by atoms with Gasteiger partial charge in [-0.25, -0.2) is 0 Å². The molecule has 1 rings (SSSR count). The third-order valence-corrected chi connectivity index (χ3v) is 2.21. The van der Waals surface area contributed by atoms with Crippen LogP contribution in [-0.4, -0.2) is 41.7 Å². The molecule has 0 N–H and O–H groups in total. The van der Waals surface area contributed by atoms with Gasteiger partial charge in [-0.1, -0.05) is 22.6 Å². The van der Waals surface area contributed by atoms with Crippen molar-refractivity contribution in [3.05, 3.63) is 0 Å². The topological polar surface area (TPSA) is 12.5 Å². The molecule has 0 saturated carbocycles. The highest BCUT2D eigenvalue weighted by molar-refractivity contribution is 14.1. The molecule has 0 aromatic heterocycles. The molecule has 60 valence electrons. The Morgan fingerprint density at radius 1 is 1.70 bits per heavy atom. The van der Waals surface area contributed by atoms with Gasteiger partial charge in [0.2, 0.25) is 0 Å². The molecule has 10 heavy (non-hydrogen) atoms. The highest BCUT2D eigenvalue weighted by Gasteiger charge is 2.14. The zero-order valence-electron chi connectivity index (χ0n) is 6.35. The van der Waals surface area contributed by atoms with Gasteiger partial charge in [-0.15, -0.1) is 0 Å². The van der Waals surface area contributed by atoms with Gasteiger partial charge >= 0.3 is 0 Å². The summed E-state index contributed by atoms with van der Waals surface area (Å²) in [4.78, 5) is 2.46. The van der Waals surface area contributed by atoms with Crippen molar-refractivity contribution in [2.75, 3.05) is 30.7 Å². The van der Waals surface area contributed by atoms with Gasteiger partial charge < -0.3 is 4.74 Å². The lowest BCUT2D eigenvalue weighted by atomic mass is 10.3. The highest BCUT2D eigenvalue weighted by atomic mass is 127. The second-order valence-corrected chi connectivity index (χ2v) is 3.75. The Balaban J connectivity index is 2.18. The fraction of sp³-hybridized carbons (Fsp3) is 1.00. The van der Waals surface area contributed by atoms with E-state index in [9.17, 15) is 0 Å². The van der Waals surface area contributed by atoms with E-state index in [1.54, 1.807) is 0 Å². The van der Waals surface area contributed by atoms with Crippen LogP contribution >= 0.6 is 22.6 Å². The Kier molecular flexibility index (Phi) is 3.95. The molecule has 1 fully saturated rings. The average molecular weight is 255 g/mol. The van der Waals surface area contributed by atoms with Crippen LogP contribution in [0.4, 0.5) is 0 Å². The van der Waals surface area contributed by atoms with E-state index in [0.29, 0.717) is 6.10 Å². The van der Waals surface area contributed by atoms with Crippen molar-refractivity contribution in [1.29, 1.82) is 0 Å². The lowest BCUT2D eigenvalue weighted by Gasteiger charge is -2.30. The lowest BCUT2D eigenvalue weighted by molar-refractivity contribution is -0.0156. The van der Waals surface area contributed by atoms with Gasteiger partial charge in [0.1, 0.15) is 0 Å². The quantitative estimate of drug-likeness (QED) is 0.542. The summed E-state index contributed by atoms with van der Waals surface area (Å²) in [6.45, 7) is 6.50. The predicted molar refractivity (Wildman–Crippen MR) is 50.7 cm³/mol. The second-order valence-electron chi connectivity index (χ2n) is 2.67. The SMILES string of the molecule is CC1CN(CCI)CCO1. The minimum Gasteiger partial charge on any atom is -0.376 e. The van der Waals surface area contributed by atoms with Gasteiger partial charge in [-0.2, -0.15) is 0 Å². The maximum atomic E-state index is 5.41. The van der Waals surface area contributed by atoms with Crippen molar-refractivity contribution in [2.45, 2.75) is 13.0 Å². The van der Waals surface area contributed by atoms with E-state index in [2.05, 4.69) is 34.4 Å². The van der Waals surface area contributed by atoms with Crippen LogP contribution in [0.15, 0.2) is 0 Å². The molecule has 3 heteroatoms. The number of rotatable bonds is 2. The van der Waals surface area contributed by atoms with E-state index in [1.807, 2.05) is 0 Å². The maximum Gasteiger partial charge on any atom is 0.0674 e. The van der Waals surface area contributed by atoms with Crippen LogP contribution in [-0.2, 0) is 4.74 Å². The van der Waals surface area contributed by atoms with Crippen LogP contribution in [0, 0.1) is 0 Å². The van der Waals surface area contributed by atoms with Crippen LogP contribution in [0.3, 0.4) is 0 Å². The first-order chi connectivity index (χ1) is 4.83. The van der Waals surface area contributed by atoms with Gasteiger partial charge in [0, 0.05) is 24.1 Å². The van der Waals surface area contributed by atoms with Crippen molar-refractivity contribution in [2.24, 2.45) is 0 Å². The molecular weight excluding hydrogens is 241 g/mol. The normalized spacial score (nSPS) is 28.8. The van der Waals surface area contributed by atoms with Crippen LogP contribution in [0.25, 0.3) is 0 Å². The number of ether oxygens (including phenoxy) is 1. The molecule has 2 nitrogen and oxygen atoms in total. The number of morpholine rings is 1. The largest absolute Gasteiger partial charge is 0.376 e. The zero-order valence-corrected chi connectivity index (χ0v) is 8.50. The molecule has 1 aliphatic heterocycles. The van der Waals surface area contributed by atoms with Crippen molar-refractivity contribution in [3.8, 4) is 0 Å². The minimum atomic E-state index is 0.441. The summed E-state index contributed by atoms with van der Waals surface area (Å²) < 4.78 is 6.64. The zero-order chi connectivity index (χ0) is 7.40. The number of hydrogen-bond acceptors (Lipinski definition) is 2. The summed E-state index contributed by atoms with van der Waals surface area (Å²) in [5, 5.41) is 0. The molecule has 1 unspecified atom stereocenters. The van der Waals surface area contributed by atoms with E-state index in [-0.39, 0.29) is 0 Å². The Morgan fingerprint density at radius 3 is 3.10 bits per heavy atom. The predicted octanol–water partition coefficient (Wildman–Crippen LogP) is 1.14. The fourth-order valence-corrected chi connectivity index (χ4v) is 1.90. The van der Waals surface area contributed by atoms with E-state index in [1.165, 1.54) is 11.0 Å². The van der Waals surface area contributed by atoms with Crippen molar-refractivity contribution in [1.82, 2.24) is 4.90 Å². The molecule has 0 radical (unpaired) electrons. The van der Waals surface area contributed by atoms with E-state index in [0.717, 1.165) is 19.7 Å². The number of alkyl halides is 1. The molecule has 1 atom stereocenters. The summed E-state index contributed by atoms with van der Waals surface area (Å²) in [7, 11) is 0. The molecule has 1 aliphatic rings. The van der Waals surface area contributed by atoms with Crippen molar-refractivity contribution < 1.29 is 4.74 Å². The molecule has 0 aliphatic carbocycles. The van der Waals surface area contributed by atoms with Gasteiger partial charge in [-0.3, -0.25) is 4.90 Å². The second kappa shape index (κ2) is 4.51. The third kappa shape index (κ3) is 2.72. The Hall–Kier alpha value is 0.650. The van der Waals surface area contributed by atoms with Gasteiger partial charge in [0.05, 0.1) is 12.7 Å². The first kappa shape index (κ1) is 8.74. The summed E-state index contributed by atoms with van der Waals surface area (Å²) in [6.07, 6.45) is 0.441. The molecular formula is C7H14INO. The average Bonchev–Trinajstić information content (AvgIpc) is 1.88. The molecule has 1 saturated heterocycles. The van der Waals surface area contributed by atoms with Gasteiger partial charge in [-0.05, 0) is 6.92 Å². The number of nitrogens with zero attached hydrogens (tertiary/aromatic N) is 1. The number of hydrogen-bond donors (Lipinski definition) is 0. The summed E-state index contributed by atoms with van der Waals surface area (Å²) in [5.74, 6) is 0.